The second-order valence-electron chi connectivity index (χ2n) is 4.87. The molecule has 1 aliphatic carbocycles. The molecule has 2 heteroatoms. The van der Waals surface area contributed by atoms with Crippen molar-refractivity contribution in [3.63, 3.8) is 0 Å². The number of aryl methyl sites for hydroxylation is 2. The minimum atomic E-state index is -0.292. The van der Waals surface area contributed by atoms with E-state index in [1.165, 1.54) is 11.1 Å². The lowest BCUT2D eigenvalue weighted by molar-refractivity contribution is 0.0887. The van der Waals surface area contributed by atoms with Crippen molar-refractivity contribution < 1.29 is 9.84 Å². The molecule has 1 fully saturated rings. The molecule has 1 N–H and O–H groups in total. The summed E-state index contributed by atoms with van der Waals surface area (Å²) in [4.78, 5) is 0. The van der Waals surface area contributed by atoms with Crippen LogP contribution in [0.4, 0.5) is 0 Å². The number of aliphatic hydroxyl groups is 1. The zero-order valence-corrected chi connectivity index (χ0v) is 10.3. The molecule has 88 valence electrons. The maximum absolute atomic E-state index is 9.78. The first-order valence-corrected chi connectivity index (χ1v) is 5.97. The molecule has 1 unspecified atom stereocenters. The first-order valence-electron chi connectivity index (χ1n) is 5.97. The van der Waals surface area contributed by atoms with E-state index in [9.17, 15) is 5.11 Å². The molecule has 0 bridgehead atoms. The van der Waals surface area contributed by atoms with Crippen molar-refractivity contribution in [1.29, 1.82) is 0 Å². The van der Waals surface area contributed by atoms with Crippen LogP contribution in [0.15, 0.2) is 12.1 Å². The largest absolute Gasteiger partial charge is 0.490 e. The number of benzene rings is 1. The van der Waals surface area contributed by atoms with Gasteiger partial charge < -0.3 is 9.84 Å². The Morgan fingerprint density at radius 3 is 2.50 bits per heavy atom. The van der Waals surface area contributed by atoms with Crippen LogP contribution in [0.5, 0.6) is 5.75 Å². The molecule has 1 atom stereocenters. The summed E-state index contributed by atoms with van der Waals surface area (Å²) in [6, 6.07) is 4.18. The lowest BCUT2D eigenvalue weighted by Crippen LogP contribution is -2.20. The van der Waals surface area contributed by atoms with Gasteiger partial charge in [0.2, 0.25) is 0 Å². The summed E-state index contributed by atoms with van der Waals surface area (Å²) in [5.74, 6) is 1.42. The highest BCUT2D eigenvalue weighted by Gasteiger charge is 2.30. The van der Waals surface area contributed by atoms with Crippen molar-refractivity contribution in [2.75, 3.05) is 6.61 Å². The van der Waals surface area contributed by atoms with E-state index in [2.05, 4.69) is 26.0 Å². The molecule has 0 radical (unpaired) electrons. The highest BCUT2D eigenvalue weighted by molar-refractivity contribution is 5.44. The molecule has 0 aromatic heterocycles. The Bertz CT molecular complexity index is 381. The normalized spacial score (nSPS) is 17.2. The molecule has 2 nitrogen and oxygen atoms in total. The lowest BCUT2D eigenvalue weighted by atomic mass is 10.1. The molecule has 0 amide bonds. The zero-order chi connectivity index (χ0) is 11.7. The van der Waals surface area contributed by atoms with E-state index in [1.54, 1.807) is 0 Å². The van der Waals surface area contributed by atoms with Crippen LogP contribution < -0.4 is 4.74 Å². The average Bonchev–Trinajstić information content (AvgIpc) is 3.07. The Hall–Kier alpha value is -1.02. The number of hydrogen-bond acceptors (Lipinski definition) is 2. The summed E-state index contributed by atoms with van der Waals surface area (Å²) in [6.07, 6.45) is 2.01. The monoisotopic (exact) mass is 220 g/mol. The number of ether oxygens (including phenoxy) is 1. The predicted octanol–water partition coefficient (Wildman–Crippen LogP) is 2.76. The van der Waals surface area contributed by atoms with E-state index in [0.717, 1.165) is 24.2 Å². The fraction of sp³-hybridized carbons (Fsp3) is 0.571. The Kier molecular flexibility index (Phi) is 3.20. The molecular weight excluding hydrogens is 200 g/mol. The van der Waals surface area contributed by atoms with Gasteiger partial charge >= 0.3 is 0 Å². The standard InChI is InChI=1S/C14H20O2/c1-9-4-5-10(2)14(11(9)3)16-8-13(15)12-6-7-12/h4-5,12-13,15H,6-8H2,1-3H3. The van der Waals surface area contributed by atoms with Crippen LogP contribution in [0.2, 0.25) is 0 Å². The third-order valence-corrected chi connectivity index (χ3v) is 3.44. The number of aliphatic hydroxyl groups excluding tert-OH is 1. The van der Waals surface area contributed by atoms with Gasteiger partial charge in [-0.3, -0.25) is 0 Å². The first kappa shape index (κ1) is 11.5. The second kappa shape index (κ2) is 4.46. The van der Waals surface area contributed by atoms with Crippen LogP contribution in [-0.2, 0) is 0 Å². The molecule has 1 aromatic rings. The minimum Gasteiger partial charge on any atom is -0.490 e. The quantitative estimate of drug-likeness (QED) is 0.845. The fourth-order valence-electron chi connectivity index (χ4n) is 1.93. The van der Waals surface area contributed by atoms with Crippen molar-refractivity contribution in [3.8, 4) is 5.75 Å². The van der Waals surface area contributed by atoms with E-state index in [4.69, 9.17) is 4.74 Å². The van der Waals surface area contributed by atoms with Crippen molar-refractivity contribution in [2.24, 2.45) is 5.92 Å². The third kappa shape index (κ3) is 2.38. The SMILES string of the molecule is Cc1ccc(C)c(OCC(O)C2CC2)c1C. The highest BCUT2D eigenvalue weighted by atomic mass is 16.5. The van der Waals surface area contributed by atoms with Crippen LogP contribution in [0, 0.1) is 26.7 Å². The summed E-state index contributed by atoms with van der Waals surface area (Å²) in [5.41, 5.74) is 3.57. The first-order chi connectivity index (χ1) is 7.59. The molecule has 0 saturated heterocycles. The van der Waals surface area contributed by atoms with E-state index < -0.39 is 0 Å². The van der Waals surface area contributed by atoms with Gasteiger partial charge in [-0.05, 0) is 56.2 Å². The molecule has 1 aromatic carbocycles. The maximum Gasteiger partial charge on any atom is 0.125 e. The van der Waals surface area contributed by atoms with Crippen LogP contribution in [0.3, 0.4) is 0 Å². The topological polar surface area (TPSA) is 29.5 Å². The van der Waals surface area contributed by atoms with Crippen LogP contribution >= 0.6 is 0 Å². The van der Waals surface area contributed by atoms with Gasteiger partial charge in [0.1, 0.15) is 12.4 Å². The second-order valence-corrected chi connectivity index (χ2v) is 4.87. The summed E-state index contributed by atoms with van der Waals surface area (Å²) in [7, 11) is 0. The van der Waals surface area contributed by atoms with Gasteiger partial charge in [-0.15, -0.1) is 0 Å². The van der Waals surface area contributed by atoms with E-state index >= 15 is 0 Å². The maximum atomic E-state index is 9.78. The molecule has 0 spiro atoms. The van der Waals surface area contributed by atoms with Gasteiger partial charge in [0, 0.05) is 0 Å². The number of rotatable bonds is 4. The Morgan fingerprint density at radius 2 is 1.88 bits per heavy atom. The molecule has 0 heterocycles. The highest BCUT2D eigenvalue weighted by Crippen LogP contribution is 2.33. The van der Waals surface area contributed by atoms with Gasteiger partial charge in [-0.2, -0.15) is 0 Å². The van der Waals surface area contributed by atoms with Crippen LogP contribution in [0.1, 0.15) is 29.5 Å². The van der Waals surface area contributed by atoms with Gasteiger partial charge in [-0.25, -0.2) is 0 Å². The average molecular weight is 220 g/mol. The smallest absolute Gasteiger partial charge is 0.125 e. The molecule has 0 aliphatic heterocycles. The molecular formula is C14H20O2. The number of hydrogen-bond donors (Lipinski definition) is 1. The molecule has 16 heavy (non-hydrogen) atoms. The van der Waals surface area contributed by atoms with Gasteiger partial charge in [0.25, 0.3) is 0 Å². The van der Waals surface area contributed by atoms with Gasteiger partial charge in [0.05, 0.1) is 6.10 Å². The molecule has 2 rings (SSSR count). The van der Waals surface area contributed by atoms with E-state index in [1.807, 2.05) is 6.92 Å². The van der Waals surface area contributed by atoms with E-state index in [-0.39, 0.29) is 6.10 Å². The minimum absolute atomic E-state index is 0.292. The molecule has 1 saturated carbocycles. The Balaban J connectivity index is 2.05. The van der Waals surface area contributed by atoms with Crippen molar-refractivity contribution in [2.45, 2.75) is 39.7 Å². The summed E-state index contributed by atoms with van der Waals surface area (Å²) >= 11 is 0. The van der Waals surface area contributed by atoms with Gasteiger partial charge in [-0.1, -0.05) is 12.1 Å². The predicted molar refractivity (Wildman–Crippen MR) is 64.9 cm³/mol. The third-order valence-electron chi connectivity index (χ3n) is 3.44. The Labute approximate surface area is 97.3 Å². The van der Waals surface area contributed by atoms with Crippen molar-refractivity contribution in [3.05, 3.63) is 28.8 Å². The van der Waals surface area contributed by atoms with Crippen LogP contribution in [0.25, 0.3) is 0 Å². The van der Waals surface area contributed by atoms with Crippen LogP contribution in [-0.4, -0.2) is 17.8 Å². The summed E-state index contributed by atoms with van der Waals surface area (Å²) in [6.45, 7) is 6.63. The summed E-state index contributed by atoms with van der Waals surface area (Å²) in [5, 5.41) is 9.78. The fourth-order valence-corrected chi connectivity index (χ4v) is 1.93. The lowest BCUT2D eigenvalue weighted by Gasteiger charge is -2.16. The molecule has 1 aliphatic rings. The van der Waals surface area contributed by atoms with Crippen molar-refractivity contribution in [1.82, 2.24) is 0 Å². The Morgan fingerprint density at radius 1 is 1.25 bits per heavy atom. The van der Waals surface area contributed by atoms with Crippen molar-refractivity contribution >= 4 is 0 Å². The zero-order valence-electron chi connectivity index (χ0n) is 10.3. The van der Waals surface area contributed by atoms with Gasteiger partial charge in [0.15, 0.2) is 0 Å². The summed E-state index contributed by atoms with van der Waals surface area (Å²) < 4.78 is 5.76. The van der Waals surface area contributed by atoms with E-state index in [0.29, 0.717) is 12.5 Å².